The topological polar surface area (TPSA) is 92.5 Å². The molecule has 7 heteroatoms. The number of likely N-dealkylation sites (N-methyl/N-ethyl adjacent to an activating group) is 1. The highest BCUT2D eigenvalue weighted by molar-refractivity contribution is 7.99. The van der Waals surface area contributed by atoms with E-state index in [0.717, 1.165) is 17.1 Å². The molecular formula is C13H18N2O4S. The highest BCUT2D eigenvalue weighted by Crippen LogP contribution is 2.23. The predicted molar refractivity (Wildman–Crippen MR) is 78.2 cm³/mol. The lowest BCUT2D eigenvalue weighted by atomic mass is 9.97. The van der Waals surface area contributed by atoms with Gasteiger partial charge in [-0.2, -0.15) is 0 Å². The van der Waals surface area contributed by atoms with Crippen LogP contribution in [0.3, 0.4) is 0 Å². The maximum Gasteiger partial charge on any atom is 0.323 e. The summed E-state index contributed by atoms with van der Waals surface area (Å²) in [7, 11) is 1.64. The second-order valence-corrected chi connectivity index (χ2v) is 5.76. The number of nitrogens with zero attached hydrogens (tertiary/aromatic N) is 1. The number of carboxylic acids is 1. The van der Waals surface area contributed by atoms with Crippen LogP contribution in [0, 0.1) is 10.1 Å². The SMILES string of the molecule is CNC(C)(CCCSc1ccc([N+](=O)[O-])cc1)C(=O)O. The third-order valence-electron chi connectivity index (χ3n) is 3.16. The van der Waals surface area contributed by atoms with Crippen LogP contribution in [0.1, 0.15) is 19.8 Å². The highest BCUT2D eigenvalue weighted by atomic mass is 32.2. The van der Waals surface area contributed by atoms with Gasteiger partial charge < -0.3 is 10.4 Å². The van der Waals surface area contributed by atoms with Crippen molar-refractivity contribution in [3.63, 3.8) is 0 Å². The van der Waals surface area contributed by atoms with E-state index in [9.17, 15) is 14.9 Å². The standard InChI is InChI=1S/C13H18N2O4S/c1-13(14-2,12(16)17)8-3-9-20-11-6-4-10(5-7-11)15(18)19/h4-7,14H,3,8-9H2,1-2H3,(H,16,17). The number of hydrogen-bond acceptors (Lipinski definition) is 5. The molecule has 0 aliphatic rings. The number of nitro benzene ring substituents is 1. The van der Waals surface area contributed by atoms with Gasteiger partial charge >= 0.3 is 5.97 Å². The van der Waals surface area contributed by atoms with Crippen molar-refractivity contribution in [2.45, 2.75) is 30.2 Å². The smallest absolute Gasteiger partial charge is 0.323 e. The summed E-state index contributed by atoms with van der Waals surface area (Å²) in [6, 6.07) is 6.35. The first-order chi connectivity index (χ1) is 9.39. The van der Waals surface area contributed by atoms with Gasteiger partial charge in [0.25, 0.3) is 5.69 Å². The van der Waals surface area contributed by atoms with Gasteiger partial charge in [-0.1, -0.05) is 0 Å². The molecule has 0 aromatic heterocycles. The van der Waals surface area contributed by atoms with Crippen molar-refractivity contribution in [2.24, 2.45) is 0 Å². The van der Waals surface area contributed by atoms with Gasteiger partial charge in [0.2, 0.25) is 0 Å². The van der Waals surface area contributed by atoms with Gasteiger partial charge in [0.15, 0.2) is 0 Å². The van der Waals surface area contributed by atoms with E-state index in [1.54, 1.807) is 37.9 Å². The number of aliphatic carboxylic acids is 1. The number of carbonyl (C=O) groups is 1. The minimum atomic E-state index is -0.907. The van der Waals surface area contributed by atoms with Gasteiger partial charge in [0.05, 0.1) is 4.92 Å². The molecule has 1 unspecified atom stereocenters. The summed E-state index contributed by atoms with van der Waals surface area (Å²) in [5.41, 5.74) is -0.835. The molecule has 110 valence electrons. The average molecular weight is 298 g/mol. The monoisotopic (exact) mass is 298 g/mol. The van der Waals surface area contributed by atoms with Crippen LogP contribution in [-0.2, 0) is 4.79 Å². The largest absolute Gasteiger partial charge is 0.480 e. The van der Waals surface area contributed by atoms with E-state index < -0.39 is 16.4 Å². The zero-order valence-corrected chi connectivity index (χ0v) is 12.3. The molecule has 2 N–H and O–H groups in total. The zero-order valence-electron chi connectivity index (χ0n) is 11.5. The molecule has 20 heavy (non-hydrogen) atoms. The Kier molecular flexibility index (Phi) is 5.97. The summed E-state index contributed by atoms with van der Waals surface area (Å²) in [6.07, 6.45) is 1.27. The van der Waals surface area contributed by atoms with E-state index in [-0.39, 0.29) is 5.69 Å². The summed E-state index contributed by atoms with van der Waals surface area (Å²) in [4.78, 5) is 22.1. The fraction of sp³-hybridized carbons (Fsp3) is 0.462. The van der Waals surface area contributed by atoms with Gasteiger partial charge in [0.1, 0.15) is 5.54 Å². The number of nitrogens with one attached hydrogen (secondary N) is 1. The van der Waals surface area contributed by atoms with Crippen LogP contribution in [0.25, 0.3) is 0 Å². The molecule has 0 aliphatic heterocycles. The molecule has 0 saturated carbocycles. The molecule has 0 amide bonds. The van der Waals surface area contributed by atoms with E-state index in [1.165, 1.54) is 12.1 Å². The predicted octanol–water partition coefficient (Wildman–Crippen LogP) is 2.53. The summed E-state index contributed by atoms with van der Waals surface area (Å²) >= 11 is 1.56. The van der Waals surface area contributed by atoms with Crippen molar-refractivity contribution in [2.75, 3.05) is 12.8 Å². The van der Waals surface area contributed by atoms with E-state index in [1.807, 2.05) is 0 Å². The van der Waals surface area contributed by atoms with Crippen LogP contribution in [0.15, 0.2) is 29.2 Å². The number of carboxylic acid groups (broad SMARTS) is 1. The van der Waals surface area contributed by atoms with E-state index in [0.29, 0.717) is 6.42 Å². The van der Waals surface area contributed by atoms with Crippen LogP contribution in [0.5, 0.6) is 0 Å². The van der Waals surface area contributed by atoms with Crippen LogP contribution < -0.4 is 5.32 Å². The molecule has 0 radical (unpaired) electrons. The van der Waals surface area contributed by atoms with Crippen LogP contribution >= 0.6 is 11.8 Å². The maximum absolute atomic E-state index is 11.1. The van der Waals surface area contributed by atoms with E-state index in [4.69, 9.17) is 5.11 Å². The molecule has 0 aliphatic carbocycles. The number of benzene rings is 1. The Balaban J connectivity index is 2.41. The summed E-state index contributed by atoms with van der Waals surface area (Å²) in [6.45, 7) is 1.66. The second-order valence-electron chi connectivity index (χ2n) is 4.59. The average Bonchev–Trinajstić information content (AvgIpc) is 2.43. The Morgan fingerprint density at radius 1 is 1.45 bits per heavy atom. The van der Waals surface area contributed by atoms with Crippen molar-refractivity contribution in [1.29, 1.82) is 0 Å². The van der Waals surface area contributed by atoms with Crippen molar-refractivity contribution >= 4 is 23.4 Å². The second kappa shape index (κ2) is 7.25. The molecule has 0 saturated heterocycles. The van der Waals surface area contributed by atoms with Gasteiger partial charge in [-0.25, -0.2) is 0 Å². The maximum atomic E-state index is 11.1. The Morgan fingerprint density at radius 3 is 2.50 bits per heavy atom. The first kappa shape index (κ1) is 16.5. The first-order valence-corrected chi connectivity index (χ1v) is 7.17. The summed E-state index contributed by atoms with van der Waals surface area (Å²) in [5, 5.41) is 22.4. The van der Waals surface area contributed by atoms with Gasteiger partial charge in [-0.3, -0.25) is 14.9 Å². The highest BCUT2D eigenvalue weighted by Gasteiger charge is 2.30. The first-order valence-electron chi connectivity index (χ1n) is 6.18. The molecule has 1 aromatic rings. The number of non-ortho nitro benzene ring substituents is 1. The lowest BCUT2D eigenvalue weighted by molar-refractivity contribution is -0.384. The minimum Gasteiger partial charge on any atom is -0.480 e. The van der Waals surface area contributed by atoms with Gasteiger partial charge in [-0.05, 0) is 44.7 Å². The normalized spacial score (nSPS) is 13.7. The Morgan fingerprint density at radius 2 is 2.05 bits per heavy atom. The molecule has 0 spiro atoms. The molecule has 0 bridgehead atoms. The summed E-state index contributed by atoms with van der Waals surface area (Å²) in [5.74, 6) is -0.0946. The minimum absolute atomic E-state index is 0.0722. The zero-order chi connectivity index (χ0) is 15.2. The van der Waals surface area contributed by atoms with Gasteiger partial charge in [0, 0.05) is 17.0 Å². The molecule has 0 heterocycles. The van der Waals surface area contributed by atoms with Crippen molar-refractivity contribution in [1.82, 2.24) is 5.32 Å². The number of rotatable bonds is 8. The van der Waals surface area contributed by atoms with Gasteiger partial charge in [-0.15, -0.1) is 11.8 Å². The number of nitro groups is 1. The van der Waals surface area contributed by atoms with E-state index >= 15 is 0 Å². The van der Waals surface area contributed by atoms with Crippen molar-refractivity contribution < 1.29 is 14.8 Å². The van der Waals surface area contributed by atoms with Crippen LogP contribution in [0.2, 0.25) is 0 Å². The van der Waals surface area contributed by atoms with E-state index in [2.05, 4.69) is 5.32 Å². The molecular weight excluding hydrogens is 280 g/mol. The van der Waals surface area contributed by atoms with Crippen LogP contribution in [-0.4, -0.2) is 34.3 Å². The lowest BCUT2D eigenvalue weighted by Gasteiger charge is -2.23. The lowest BCUT2D eigenvalue weighted by Crippen LogP contribution is -2.47. The fourth-order valence-corrected chi connectivity index (χ4v) is 2.47. The molecule has 1 aromatic carbocycles. The van der Waals surface area contributed by atoms with Crippen molar-refractivity contribution in [3.8, 4) is 0 Å². The summed E-state index contributed by atoms with van der Waals surface area (Å²) < 4.78 is 0. The third-order valence-corrected chi connectivity index (χ3v) is 4.26. The number of hydrogen-bond donors (Lipinski definition) is 2. The number of thioether (sulfide) groups is 1. The molecule has 0 fully saturated rings. The molecule has 1 atom stereocenters. The molecule has 1 rings (SSSR count). The Hall–Kier alpha value is -1.60. The third kappa shape index (κ3) is 4.50. The Labute approximate surface area is 121 Å². The Bertz CT molecular complexity index is 478. The fourth-order valence-electron chi connectivity index (χ4n) is 1.62. The molecule has 6 nitrogen and oxygen atoms in total. The van der Waals surface area contributed by atoms with Crippen LogP contribution in [0.4, 0.5) is 5.69 Å². The quantitative estimate of drug-likeness (QED) is 0.331. The van der Waals surface area contributed by atoms with Crippen molar-refractivity contribution in [3.05, 3.63) is 34.4 Å².